The van der Waals surface area contributed by atoms with Gasteiger partial charge in [0.1, 0.15) is 4.21 Å². The first-order valence-electron chi connectivity index (χ1n) is 10.5. The highest BCUT2D eigenvalue weighted by molar-refractivity contribution is 7.92. The molecule has 0 amide bonds. The Morgan fingerprint density at radius 3 is 2.69 bits per heavy atom. The Hall–Kier alpha value is -1.28. The average Bonchev–Trinajstić information content (AvgIpc) is 3.36. The first kappa shape index (κ1) is 21.0. The molecule has 4 rings (SSSR count). The molecule has 0 unspecified atom stereocenters. The van der Waals surface area contributed by atoms with Crippen LogP contribution in [0.4, 0.5) is 0 Å². The first-order valence-corrected chi connectivity index (χ1v) is 13.2. The third-order valence-corrected chi connectivity index (χ3v) is 9.36. The quantitative estimate of drug-likeness (QED) is 0.665. The standard InChI is InChI=1S/C22H30N2O3S2/c1-29(25,26)20-8-7-18(28-20)16-23-14-11-21(19-6-2-5-13-24-19)12-15-27-22(17-21)9-3-4-10-22/h2,5-8,13,23H,3-4,9-12,14-17H2,1H3/t21-/m1/s1. The molecule has 1 atom stereocenters. The molecule has 2 fully saturated rings. The lowest BCUT2D eigenvalue weighted by Gasteiger charge is -2.46. The molecule has 5 nitrogen and oxygen atoms in total. The average molecular weight is 435 g/mol. The molecule has 2 aliphatic rings. The van der Waals surface area contributed by atoms with Gasteiger partial charge in [0.15, 0.2) is 9.84 Å². The summed E-state index contributed by atoms with van der Waals surface area (Å²) in [5, 5.41) is 3.53. The first-order chi connectivity index (χ1) is 13.9. The van der Waals surface area contributed by atoms with Crippen LogP contribution >= 0.6 is 11.3 Å². The molecule has 2 aromatic heterocycles. The monoisotopic (exact) mass is 434 g/mol. The van der Waals surface area contributed by atoms with E-state index in [-0.39, 0.29) is 11.0 Å². The summed E-state index contributed by atoms with van der Waals surface area (Å²) in [6, 6.07) is 9.85. The molecule has 3 heterocycles. The van der Waals surface area contributed by atoms with Crippen LogP contribution in [0.25, 0.3) is 0 Å². The summed E-state index contributed by atoms with van der Waals surface area (Å²) in [6.45, 7) is 2.37. The highest BCUT2D eigenvalue weighted by Crippen LogP contribution is 2.49. The number of sulfone groups is 1. The van der Waals surface area contributed by atoms with Crippen LogP contribution in [0.1, 0.15) is 55.5 Å². The summed E-state index contributed by atoms with van der Waals surface area (Å²) in [5.74, 6) is 0. The maximum Gasteiger partial charge on any atom is 0.184 e. The molecule has 0 aromatic carbocycles. The lowest BCUT2D eigenvalue weighted by molar-refractivity contribution is -0.104. The smallest absolute Gasteiger partial charge is 0.184 e. The van der Waals surface area contributed by atoms with Gasteiger partial charge in [0.2, 0.25) is 0 Å². The molecule has 2 aromatic rings. The van der Waals surface area contributed by atoms with E-state index >= 15 is 0 Å². The number of ether oxygens (including phenoxy) is 1. The molecule has 1 saturated carbocycles. The van der Waals surface area contributed by atoms with Gasteiger partial charge in [-0.05, 0) is 62.9 Å². The van der Waals surface area contributed by atoms with E-state index in [1.54, 1.807) is 6.07 Å². The van der Waals surface area contributed by atoms with Gasteiger partial charge >= 0.3 is 0 Å². The van der Waals surface area contributed by atoms with Crippen LogP contribution in [0, 0.1) is 0 Å². The summed E-state index contributed by atoms with van der Waals surface area (Å²) in [4.78, 5) is 5.80. The highest BCUT2D eigenvalue weighted by atomic mass is 32.2. The Kier molecular flexibility index (Phi) is 6.11. The molecular formula is C22H30N2O3S2. The predicted molar refractivity (Wildman–Crippen MR) is 116 cm³/mol. The van der Waals surface area contributed by atoms with Crippen LogP contribution in [-0.4, -0.2) is 38.4 Å². The second kappa shape index (κ2) is 8.46. The number of rotatable bonds is 7. The molecule has 158 valence electrons. The number of nitrogens with one attached hydrogen (secondary N) is 1. The molecule has 1 N–H and O–H groups in total. The Balaban J connectivity index is 1.43. The minimum absolute atomic E-state index is 0.0356. The molecule has 7 heteroatoms. The molecule has 0 radical (unpaired) electrons. The van der Waals surface area contributed by atoms with Crippen molar-refractivity contribution in [1.29, 1.82) is 0 Å². The van der Waals surface area contributed by atoms with Crippen molar-refractivity contribution in [3.8, 4) is 0 Å². The van der Waals surface area contributed by atoms with Crippen molar-refractivity contribution in [1.82, 2.24) is 10.3 Å². The zero-order chi connectivity index (χ0) is 20.4. The van der Waals surface area contributed by atoms with Gasteiger partial charge in [-0.25, -0.2) is 8.42 Å². The van der Waals surface area contributed by atoms with E-state index in [0.29, 0.717) is 10.8 Å². The third-order valence-electron chi connectivity index (χ3n) is 6.45. The minimum Gasteiger partial charge on any atom is -0.375 e. The van der Waals surface area contributed by atoms with E-state index in [4.69, 9.17) is 9.72 Å². The number of pyridine rings is 1. The minimum atomic E-state index is -3.12. The molecule has 0 bridgehead atoms. The second-order valence-corrected chi connectivity index (χ2v) is 12.0. The number of hydrogen-bond acceptors (Lipinski definition) is 6. The van der Waals surface area contributed by atoms with Crippen LogP contribution in [0.5, 0.6) is 0 Å². The van der Waals surface area contributed by atoms with Gasteiger partial charge in [0.25, 0.3) is 0 Å². The summed E-state index contributed by atoms with van der Waals surface area (Å²) in [6.07, 6.45) is 11.1. The molecule has 1 spiro atoms. The van der Waals surface area contributed by atoms with Crippen molar-refractivity contribution in [2.75, 3.05) is 19.4 Å². The summed E-state index contributed by atoms with van der Waals surface area (Å²) in [7, 11) is -3.12. The van der Waals surface area contributed by atoms with Crippen LogP contribution in [0.2, 0.25) is 0 Å². The zero-order valence-corrected chi connectivity index (χ0v) is 18.7. The van der Waals surface area contributed by atoms with Crippen molar-refractivity contribution in [2.24, 2.45) is 0 Å². The number of aromatic nitrogens is 1. The Bertz CT molecular complexity index is 921. The van der Waals surface area contributed by atoms with E-state index in [2.05, 4.69) is 17.4 Å². The lowest BCUT2D eigenvalue weighted by atomic mass is 9.68. The second-order valence-electron chi connectivity index (χ2n) is 8.58. The van der Waals surface area contributed by atoms with Crippen LogP contribution in [0.15, 0.2) is 40.7 Å². The maximum atomic E-state index is 11.7. The maximum absolute atomic E-state index is 11.7. The zero-order valence-electron chi connectivity index (χ0n) is 17.0. The van der Waals surface area contributed by atoms with E-state index in [9.17, 15) is 8.42 Å². The van der Waals surface area contributed by atoms with Crippen molar-refractivity contribution < 1.29 is 13.2 Å². The number of thiophene rings is 1. The molecule has 1 aliphatic carbocycles. The fraction of sp³-hybridized carbons (Fsp3) is 0.591. The van der Waals surface area contributed by atoms with Crippen LogP contribution in [-0.2, 0) is 26.5 Å². The van der Waals surface area contributed by atoms with Gasteiger partial charge < -0.3 is 10.1 Å². The summed E-state index contributed by atoms with van der Waals surface area (Å²) >= 11 is 1.35. The Morgan fingerprint density at radius 1 is 1.17 bits per heavy atom. The van der Waals surface area contributed by atoms with E-state index in [0.717, 1.165) is 37.3 Å². The number of nitrogens with zero attached hydrogens (tertiary/aromatic N) is 1. The molecule has 1 aliphatic heterocycles. The summed E-state index contributed by atoms with van der Waals surface area (Å²) < 4.78 is 30.1. The molecular weight excluding hydrogens is 404 g/mol. The van der Waals surface area contributed by atoms with Crippen LogP contribution in [0.3, 0.4) is 0 Å². The molecule has 29 heavy (non-hydrogen) atoms. The Morgan fingerprint density at radius 2 is 2.00 bits per heavy atom. The van der Waals surface area contributed by atoms with Gasteiger partial charge in [-0.1, -0.05) is 18.9 Å². The third kappa shape index (κ3) is 4.74. The predicted octanol–water partition coefficient (Wildman–Crippen LogP) is 4.09. The van der Waals surface area contributed by atoms with Gasteiger partial charge in [0.05, 0.1) is 5.60 Å². The van der Waals surface area contributed by atoms with Crippen molar-refractivity contribution in [3.05, 3.63) is 47.1 Å². The molecule has 1 saturated heterocycles. The van der Waals surface area contributed by atoms with Gasteiger partial charge in [0, 0.05) is 41.6 Å². The largest absolute Gasteiger partial charge is 0.375 e. The van der Waals surface area contributed by atoms with E-state index in [1.807, 2.05) is 18.3 Å². The highest BCUT2D eigenvalue weighted by Gasteiger charge is 2.48. The van der Waals surface area contributed by atoms with Crippen molar-refractivity contribution in [2.45, 2.75) is 66.7 Å². The fourth-order valence-electron chi connectivity index (χ4n) is 4.99. The topological polar surface area (TPSA) is 68.3 Å². The fourth-order valence-corrected chi connectivity index (χ4v) is 6.93. The van der Waals surface area contributed by atoms with Gasteiger partial charge in [-0.15, -0.1) is 11.3 Å². The SMILES string of the molecule is CS(=O)(=O)c1ccc(CNCC[C@@]2(c3ccccn3)CCOC3(CCCC3)C2)s1. The number of hydrogen-bond donors (Lipinski definition) is 1. The van der Waals surface area contributed by atoms with Gasteiger partial charge in [-0.2, -0.15) is 0 Å². The lowest BCUT2D eigenvalue weighted by Crippen LogP contribution is -2.47. The van der Waals surface area contributed by atoms with E-state index in [1.165, 1.54) is 49.0 Å². The Labute approximate surface area is 177 Å². The van der Waals surface area contributed by atoms with Crippen molar-refractivity contribution >= 4 is 21.2 Å². The van der Waals surface area contributed by atoms with E-state index < -0.39 is 9.84 Å². The van der Waals surface area contributed by atoms with Gasteiger partial charge in [-0.3, -0.25) is 4.98 Å². The summed E-state index contributed by atoms with van der Waals surface area (Å²) in [5.41, 5.74) is 1.27. The normalized spacial score (nSPS) is 24.2. The van der Waals surface area contributed by atoms with Crippen LogP contribution < -0.4 is 5.32 Å². The van der Waals surface area contributed by atoms with Crippen molar-refractivity contribution in [3.63, 3.8) is 0 Å².